The van der Waals surface area contributed by atoms with E-state index in [2.05, 4.69) is 5.32 Å². The van der Waals surface area contributed by atoms with Gasteiger partial charge in [0.25, 0.3) is 0 Å². The van der Waals surface area contributed by atoms with Crippen molar-refractivity contribution < 1.29 is 19.4 Å². The molecule has 1 fully saturated rings. The summed E-state index contributed by atoms with van der Waals surface area (Å²) in [4.78, 5) is 24.4. The van der Waals surface area contributed by atoms with Gasteiger partial charge in [0.2, 0.25) is 0 Å². The van der Waals surface area contributed by atoms with Crippen LogP contribution < -0.4 is 11.1 Å². The first-order chi connectivity index (χ1) is 9.09. The first-order valence-corrected chi connectivity index (χ1v) is 5.82. The summed E-state index contributed by atoms with van der Waals surface area (Å²) >= 11 is 0. The third-order valence-electron chi connectivity index (χ3n) is 2.88. The summed E-state index contributed by atoms with van der Waals surface area (Å²) in [6.45, 7) is 0.546. The van der Waals surface area contributed by atoms with E-state index in [1.807, 2.05) is 0 Å². The van der Waals surface area contributed by atoms with Crippen molar-refractivity contribution in [2.24, 2.45) is 0 Å². The maximum Gasteiger partial charge on any atom is 0.328 e. The van der Waals surface area contributed by atoms with Crippen molar-refractivity contribution >= 4 is 23.4 Å². The third-order valence-corrected chi connectivity index (χ3v) is 2.88. The van der Waals surface area contributed by atoms with E-state index in [0.29, 0.717) is 18.0 Å². The second-order valence-electron chi connectivity index (χ2n) is 4.14. The molecule has 0 bridgehead atoms. The fraction of sp³-hybridized carbons (Fsp3) is 0.333. The van der Waals surface area contributed by atoms with Crippen LogP contribution in [0.25, 0.3) is 0 Å². The van der Waals surface area contributed by atoms with E-state index in [0.717, 1.165) is 0 Å². The van der Waals surface area contributed by atoms with Crippen molar-refractivity contribution in [2.45, 2.75) is 6.04 Å². The predicted octanol–water partition coefficient (Wildman–Crippen LogP) is 0.586. The van der Waals surface area contributed by atoms with Gasteiger partial charge in [-0.15, -0.1) is 0 Å². The Kier molecular flexibility index (Phi) is 3.86. The lowest BCUT2D eigenvalue weighted by Gasteiger charge is -2.32. The van der Waals surface area contributed by atoms with Gasteiger partial charge < -0.3 is 25.8 Å². The fourth-order valence-electron chi connectivity index (χ4n) is 1.85. The molecule has 1 heterocycles. The van der Waals surface area contributed by atoms with Crippen molar-refractivity contribution in [3.05, 3.63) is 24.3 Å². The van der Waals surface area contributed by atoms with Crippen molar-refractivity contribution in [1.82, 2.24) is 4.90 Å². The molecule has 1 aromatic rings. The second-order valence-corrected chi connectivity index (χ2v) is 4.14. The average molecular weight is 265 g/mol. The smallest absolute Gasteiger partial charge is 0.328 e. The van der Waals surface area contributed by atoms with Crippen LogP contribution in [0.3, 0.4) is 0 Å². The van der Waals surface area contributed by atoms with Crippen molar-refractivity contribution in [1.29, 1.82) is 0 Å². The molecule has 4 N–H and O–H groups in total. The number of ether oxygens (including phenoxy) is 1. The number of nitrogens with one attached hydrogen (secondary N) is 1. The zero-order valence-corrected chi connectivity index (χ0v) is 10.2. The van der Waals surface area contributed by atoms with Gasteiger partial charge in [-0.2, -0.15) is 0 Å². The minimum absolute atomic E-state index is 0.00692. The van der Waals surface area contributed by atoms with Gasteiger partial charge in [0, 0.05) is 6.54 Å². The zero-order valence-electron chi connectivity index (χ0n) is 10.2. The Morgan fingerprint density at radius 3 is 2.84 bits per heavy atom. The summed E-state index contributed by atoms with van der Waals surface area (Å²) in [6, 6.07) is 5.33. The Bertz CT molecular complexity index is 492. The van der Waals surface area contributed by atoms with Crippen LogP contribution in [0.5, 0.6) is 0 Å². The third kappa shape index (κ3) is 2.94. The van der Waals surface area contributed by atoms with Gasteiger partial charge in [-0.1, -0.05) is 12.1 Å². The summed E-state index contributed by atoms with van der Waals surface area (Å²) in [6.07, 6.45) is 0. The van der Waals surface area contributed by atoms with Crippen molar-refractivity contribution in [3.8, 4) is 0 Å². The number of nitrogens with two attached hydrogens (primary N) is 1. The van der Waals surface area contributed by atoms with Crippen LogP contribution in [-0.2, 0) is 9.53 Å². The highest BCUT2D eigenvalue weighted by Gasteiger charge is 2.32. The number of anilines is 2. The highest BCUT2D eigenvalue weighted by atomic mass is 16.5. The molecule has 1 unspecified atom stereocenters. The van der Waals surface area contributed by atoms with Gasteiger partial charge in [-0.3, -0.25) is 0 Å². The number of hydrogen-bond donors (Lipinski definition) is 3. The Morgan fingerprint density at radius 1 is 1.42 bits per heavy atom. The number of hydrogen-bond acceptors (Lipinski definition) is 4. The molecule has 0 aliphatic carbocycles. The van der Waals surface area contributed by atoms with Crippen LogP contribution in [0.4, 0.5) is 16.2 Å². The summed E-state index contributed by atoms with van der Waals surface area (Å²) in [5.41, 5.74) is 6.61. The van der Waals surface area contributed by atoms with Gasteiger partial charge in [-0.05, 0) is 12.1 Å². The van der Waals surface area contributed by atoms with Crippen LogP contribution >= 0.6 is 0 Å². The molecule has 1 aliphatic rings. The fourth-order valence-corrected chi connectivity index (χ4v) is 1.85. The van der Waals surface area contributed by atoms with Gasteiger partial charge in [0.1, 0.15) is 0 Å². The van der Waals surface area contributed by atoms with E-state index < -0.39 is 18.0 Å². The molecule has 7 nitrogen and oxygen atoms in total. The highest BCUT2D eigenvalue weighted by molar-refractivity contribution is 5.94. The molecule has 7 heteroatoms. The molecule has 1 aromatic carbocycles. The van der Waals surface area contributed by atoms with Gasteiger partial charge >= 0.3 is 12.0 Å². The number of aliphatic carboxylic acids is 1. The molecular formula is C12H15N3O4. The molecule has 0 aromatic heterocycles. The minimum Gasteiger partial charge on any atom is -0.480 e. The number of para-hydroxylation sites is 2. The Morgan fingerprint density at radius 2 is 2.16 bits per heavy atom. The van der Waals surface area contributed by atoms with Gasteiger partial charge in [-0.25, -0.2) is 9.59 Å². The number of rotatable bonds is 2. The van der Waals surface area contributed by atoms with E-state index in [9.17, 15) is 9.59 Å². The number of nitrogen functional groups attached to an aromatic ring is 1. The molecule has 2 amide bonds. The lowest BCUT2D eigenvalue weighted by molar-refractivity contribution is -0.147. The summed E-state index contributed by atoms with van der Waals surface area (Å²) < 4.78 is 5.07. The van der Waals surface area contributed by atoms with Crippen LogP contribution in [0, 0.1) is 0 Å². The quantitative estimate of drug-likeness (QED) is 0.679. The van der Waals surface area contributed by atoms with E-state index >= 15 is 0 Å². The second kappa shape index (κ2) is 5.57. The molecule has 1 atom stereocenters. The number of morpholine rings is 1. The van der Waals surface area contributed by atoms with E-state index in [1.54, 1.807) is 24.3 Å². The SMILES string of the molecule is Nc1ccccc1NC(=O)N1CCOCC1C(=O)O. The van der Waals surface area contributed by atoms with Gasteiger partial charge in [0.05, 0.1) is 24.6 Å². The zero-order chi connectivity index (χ0) is 13.8. The number of carbonyl (C=O) groups is 2. The predicted molar refractivity (Wildman–Crippen MR) is 68.8 cm³/mol. The number of benzene rings is 1. The van der Waals surface area contributed by atoms with Crippen LogP contribution in [-0.4, -0.2) is 47.8 Å². The molecule has 0 saturated carbocycles. The van der Waals surface area contributed by atoms with Crippen LogP contribution in [0.2, 0.25) is 0 Å². The lowest BCUT2D eigenvalue weighted by atomic mass is 10.2. The molecule has 1 saturated heterocycles. The number of carboxylic acid groups (broad SMARTS) is 1. The lowest BCUT2D eigenvalue weighted by Crippen LogP contribution is -2.54. The van der Waals surface area contributed by atoms with Gasteiger partial charge in [0.15, 0.2) is 6.04 Å². The monoisotopic (exact) mass is 265 g/mol. The summed E-state index contributed by atoms with van der Waals surface area (Å²) in [7, 11) is 0. The Balaban J connectivity index is 2.10. The van der Waals surface area contributed by atoms with Crippen molar-refractivity contribution in [3.63, 3.8) is 0 Å². The molecular weight excluding hydrogens is 250 g/mol. The Hall–Kier alpha value is -2.28. The number of nitrogens with zero attached hydrogens (tertiary/aromatic N) is 1. The first kappa shape index (κ1) is 13.2. The number of urea groups is 1. The molecule has 2 rings (SSSR count). The first-order valence-electron chi connectivity index (χ1n) is 5.82. The topological polar surface area (TPSA) is 105 Å². The molecule has 19 heavy (non-hydrogen) atoms. The molecule has 1 aliphatic heterocycles. The van der Waals surface area contributed by atoms with Crippen molar-refractivity contribution in [2.75, 3.05) is 30.8 Å². The van der Waals surface area contributed by atoms with E-state index in [1.165, 1.54) is 4.90 Å². The Labute approximate surface area is 109 Å². The summed E-state index contributed by atoms with van der Waals surface area (Å²) in [5, 5.41) is 11.7. The largest absolute Gasteiger partial charge is 0.480 e. The van der Waals surface area contributed by atoms with Crippen LogP contribution in [0.1, 0.15) is 0 Å². The maximum atomic E-state index is 12.1. The highest BCUT2D eigenvalue weighted by Crippen LogP contribution is 2.18. The minimum atomic E-state index is -1.09. The molecule has 102 valence electrons. The standard InChI is InChI=1S/C12H15N3O4/c13-8-3-1-2-4-9(8)14-12(18)15-5-6-19-7-10(15)11(16)17/h1-4,10H,5-7,13H2,(H,14,18)(H,16,17). The maximum absolute atomic E-state index is 12.1. The molecule has 0 spiro atoms. The van der Waals surface area contributed by atoms with E-state index in [4.69, 9.17) is 15.6 Å². The number of carbonyl (C=O) groups excluding carboxylic acids is 1. The summed E-state index contributed by atoms with van der Waals surface area (Å²) in [5.74, 6) is -1.09. The van der Waals surface area contributed by atoms with Crippen LogP contribution in [0.15, 0.2) is 24.3 Å². The average Bonchev–Trinajstić information content (AvgIpc) is 2.41. The normalized spacial score (nSPS) is 18.9. The van der Waals surface area contributed by atoms with E-state index in [-0.39, 0.29) is 13.2 Å². The molecule has 0 radical (unpaired) electrons. The number of carboxylic acids is 1. The number of amides is 2.